The molecule has 3 aromatic rings. The molecule has 1 aliphatic heterocycles. The van der Waals surface area contributed by atoms with E-state index in [0.29, 0.717) is 17.5 Å². The molecular formula is C23H30N6O2. The first-order valence-corrected chi connectivity index (χ1v) is 11.4. The predicted octanol–water partition coefficient (Wildman–Crippen LogP) is 3.46. The smallest absolute Gasteiger partial charge is 0.253 e. The number of methoxy groups -OCH3 is 1. The van der Waals surface area contributed by atoms with Gasteiger partial charge >= 0.3 is 0 Å². The molecule has 0 spiro atoms. The van der Waals surface area contributed by atoms with Crippen LogP contribution in [0.25, 0.3) is 10.9 Å². The fourth-order valence-corrected chi connectivity index (χ4v) is 5.11. The van der Waals surface area contributed by atoms with Crippen LogP contribution in [0.15, 0.2) is 29.1 Å². The molecule has 1 saturated heterocycles. The summed E-state index contributed by atoms with van der Waals surface area (Å²) < 4.78 is 7.39. The van der Waals surface area contributed by atoms with Crippen molar-refractivity contribution in [1.29, 1.82) is 0 Å². The number of aromatic amines is 1. The quantitative estimate of drug-likeness (QED) is 0.677. The van der Waals surface area contributed by atoms with E-state index < -0.39 is 0 Å². The maximum atomic E-state index is 13.3. The molecule has 0 amide bonds. The van der Waals surface area contributed by atoms with Gasteiger partial charge in [0.1, 0.15) is 11.8 Å². The molecule has 0 radical (unpaired) electrons. The molecule has 31 heavy (non-hydrogen) atoms. The Morgan fingerprint density at radius 2 is 1.90 bits per heavy atom. The van der Waals surface area contributed by atoms with Crippen LogP contribution in [0, 0.1) is 5.92 Å². The highest BCUT2D eigenvalue weighted by Gasteiger charge is 2.34. The van der Waals surface area contributed by atoms with Crippen LogP contribution in [-0.4, -0.2) is 50.3 Å². The van der Waals surface area contributed by atoms with Gasteiger partial charge in [0.2, 0.25) is 0 Å². The minimum Gasteiger partial charge on any atom is -0.497 e. The van der Waals surface area contributed by atoms with Crippen LogP contribution in [0.1, 0.15) is 68.9 Å². The Bertz CT molecular complexity index is 1110. The monoisotopic (exact) mass is 422 g/mol. The number of tetrazole rings is 1. The molecule has 1 atom stereocenters. The highest BCUT2D eigenvalue weighted by Crippen LogP contribution is 2.35. The lowest BCUT2D eigenvalue weighted by Gasteiger charge is -2.36. The molecule has 1 aliphatic carbocycles. The van der Waals surface area contributed by atoms with E-state index >= 15 is 0 Å². The van der Waals surface area contributed by atoms with Crippen LogP contribution in [0.3, 0.4) is 0 Å². The molecule has 0 unspecified atom stereocenters. The molecule has 2 aromatic heterocycles. The zero-order valence-electron chi connectivity index (χ0n) is 18.3. The second-order valence-corrected chi connectivity index (χ2v) is 9.05. The Kier molecular flexibility index (Phi) is 5.48. The number of hydrogen-bond acceptors (Lipinski definition) is 6. The number of benzene rings is 1. The van der Waals surface area contributed by atoms with Crippen molar-refractivity contribution in [2.75, 3.05) is 20.2 Å². The van der Waals surface area contributed by atoms with E-state index in [1.54, 1.807) is 7.11 Å². The van der Waals surface area contributed by atoms with Gasteiger partial charge in [-0.15, -0.1) is 5.10 Å². The van der Waals surface area contributed by atoms with E-state index in [4.69, 9.17) is 4.74 Å². The fourth-order valence-electron chi connectivity index (χ4n) is 5.11. The summed E-state index contributed by atoms with van der Waals surface area (Å²) in [5.41, 5.74) is 1.42. The maximum Gasteiger partial charge on any atom is 0.253 e. The van der Waals surface area contributed by atoms with Gasteiger partial charge in [0.25, 0.3) is 5.56 Å². The molecule has 1 aromatic carbocycles. The van der Waals surface area contributed by atoms with Gasteiger partial charge in [0.15, 0.2) is 5.82 Å². The van der Waals surface area contributed by atoms with Crippen molar-refractivity contribution in [2.24, 2.45) is 5.92 Å². The van der Waals surface area contributed by atoms with Crippen LogP contribution < -0.4 is 10.3 Å². The van der Waals surface area contributed by atoms with E-state index in [9.17, 15) is 4.79 Å². The van der Waals surface area contributed by atoms with Crippen molar-refractivity contribution in [3.63, 3.8) is 0 Å². The van der Waals surface area contributed by atoms with Gasteiger partial charge in [-0.3, -0.25) is 9.69 Å². The van der Waals surface area contributed by atoms with Crippen LogP contribution in [0.2, 0.25) is 0 Å². The van der Waals surface area contributed by atoms with Crippen molar-refractivity contribution in [2.45, 2.75) is 57.5 Å². The Hall–Kier alpha value is -2.74. The maximum absolute atomic E-state index is 13.3. The average Bonchev–Trinajstić information content (AvgIpc) is 3.47. The number of fused-ring (bicyclic) bond motifs is 1. The molecular weight excluding hydrogens is 392 g/mol. The SMILES string of the molecule is COc1ccc2[nH]c(=O)c([C@@H](c3nnnn3C3CCCC3)N3CCC(C)CC3)cc2c1. The van der Waals surface area contributed by atoms with Gasteiger partial charge < -0.3 is 9.72 Å². The highest BCUT2D eigenvalue weighted by molar-refractivity contribution is 5.80. The summed E-state index contributed by atoms with van der Waals surface area (Å²) in [5, 5.41) is 13.8. The van der Waals surface area contributed by atoms with E-state index in [-0.39, 0.29) is 11.6 Å². The van der Waals surface area contributed by atoms with E-state index in [0.717, 1.165) is 61.2 Å². The van der Waals surface area contributed by atoms with Crippen LogP contribution in [0.5, 0.6) is 5.75 Å². The summed E-state index contributed by atoms with van der Waals surface area (Å²) in [5.74, 6) is 2.25. The molecule has 2 aliphatic rings. The van der Waals surface area contributed by atoms with Gasteiger partial charge in [-0.05, 0) is 79.4 Å². The van der Waals surface area contributed by atoms with Crippen molar-refractivity contribution >= 4 is 10.9 Å². The third-order valence-corrected chi connectivity index (χ3v) is 6.99. The number of likely N-dealkylation sites (tertiary alicyclic amines) is 1. The van der Waals surface area contributed by atoms with E-state index in [1.807, 2.05) is 28.9 Å². The van der Waals surface area contributed by atoms with Gasteiger partial charge in [0, 0.05) is 16.5 Å². The standard InChI is InChI=1S/C23H30N6O2/c1-15-9-11-28(12-10-15)21(22-25-26-27-29(22)17-5-3-4-6-17)19-14-16-13-18(31-2)7-8-20(16)24-23(19)30/h7-8,13-15,17,21H,3-6,9-12H2,1-2H3,(H,24,30)/t21-/m0/s1. The molecule has 5 rings (SSSR count). The lowest BCUT2D eigenvalue weighted by molar-refractivity contribution is 0.147. The first-order chi connectivity index (χ1) is 15.1. The Balaban J connectivity index is 1.63. The number of nitrogens with zero attached hydrogens (tertiary/aromatic N) is 5. The number of H-pyrrole nitrogens is 1. The molecule has 164 valence electrons. The van der Waals surface area contributed by atoms with Gasteiger partial charge in [-0.25, -0.2) is 4.68 Å². The van der Waals surface area contributed by atoms with E-state index in [2.05, 4.69) is 32.3 Å². The summed E-state index contributed by atoms with van der Waals surface area (Å²) >= 11 is 0. The number of nitrogens with one attached hydrogen (secondary N) is 1. The number of ether oxygens (including phenoxy) is 1. The first-order valence-electron chi connectivity index (χ1n) is 11.4. The molecule has 1 saturated carbocycles. The largest absolute Gasteiger partial charge is 0.497 e. The van der Waals surface area contributed by atoms with Crippen molar-refractivity contribution in [1.82, 2.24) is 30.1 Å². The summed E-state index contributed by atoms with van der Waals surface area (Å²) in [6, 6.07) is 7.76. The van der Waals surface area contributed by atoms with Crippen molar-refractivity contribution in [3.05, 3.63) is 46.0 Å². The van der Waals surface area contributed by atoms with Crippen LogP contribution in [0.4, 0.5) is 0 Å². The van der Waals surface area contributed by atoms with E-state index in [1.165, 1.54) is 12.8 Å². The number of rotatable bonds is 5. The number of pyridine rings is 1. The zero-order valence-corrected chi connectivity index (χ0v) is 18.3. The summed E-state index contributed by atoms with van der Waals surface area (Å²) in [6.07, 6.45) is 6.81. The predicted molar refractivity (Wildman–Crippen MR) is 118 cm³/mol. The summed E-state index contributed by atoms with van der Waals surface area (Å²) in [4.78, 5) is 18.7. The van der Waals surface area contributed by atoms with Gasteiger partial charge in [-0.2, -0.15) is 0 Å². The third kappa shape index (κ3) is 3.84. The number of aromatic nitrogens is 5. The zero-order chi connectivity index (χ0) is 21.4. The van der Waals surface area contributed by atoms with Crippen LogP contribution in [-0.2, 0) is 0 Å². The average molecular weight is 423 g/mol. The molecule has 0 bridgehead atoms. The fraction of sp³-hybridized carbons (Fsp3) is 0.565. The molecule has 8 nitrogen and oxygen atoms in total. The van der Waals surface area contributed by atoms with Gasteiger partial charge in [0.05, 0.1) is 13.2 Å². The number of piperidine rings is 1. The van der Waals surface area contributed by atoms with Crippen LogP contribution >= 0.6 is 0 Å². The third-order valence-electron chi connectivity index (χ3n) is 6.99. The molecule has 3 heterocycles. The second kappa shape index (κ2) is 8.42. The highest BCUT2D eigenvalue weighted by atomic mass is 16.5. The molecule has 8 heteroatoms. The summed E-state index contributed by atoms with van der Waals surface area (Å²) in [6.45, 7) is 4.15. The first kappa shape index (κ1) is 20.2. The second-order valence-electron chi connectivity index (χ2n) is 9.05. The normalized spacial score (nSPS) is 19.8. The number of hydrogen-bond donors (Lipinski definition) is 1. The minimum atomic E-state index is -0.262. The molecule has 2 fully saturated rings. The van der Waals surface area contributed by atoms with Crippen molar-refractivity contribution < 1.29 is 4.74 Å². The van der Waals surface area contributed by atoms with Gasteiger partial charge in [-0.1, -0.05) is 19.8 Å². The Labute approximate surface area is 181 Å². The summed E-state index contributed by atoms with van der Waals surface area (Å²) in [7, 11) is 1.65. The Morgan fingerprint density at radius 1 is 1.13 bits per heavy atom. The lowest BCUT2D eigenvalue weighted by atomic mass is 9.95. The topological polar surface area (TPSA) is 88.9 Å². The molecule has 1 N–H and O–H groups in total. The lowest BCUT2D eigenvalue weighted by Crippen LogP contribution is -2.40. The Morgan fingerprint density at radius 3 is 2.65 bits per heavy atom. The van der Waals surface area contributed by atoms with Crippen molar-refractivity contribution in [3.8, 4) is 5.75 Å². The minimum absolute atomic E-state index is 0.0812.